The molecule has 1 fully saturated rings. The fourth-order valence-corrected chi connectivity index (χ4v) is 1.89. The predicted octanol–water partition coefficient (Wildman–Crippen LogP) is -0.611. The highest BCUT2D eigenvalue weighted by Gasteiger charge is 2.41. The van der Waals surface area contributed by atoms with E-state index >= 15 is 0 Å². The number of carbonyl (C=O) groups excluding carboxylic acids is 1. The van der Waals surface area contributed by atoms with Crippen LogP contribution in [-0.4, -0.2) is 52.6 Å². The van der Waals surface area contributed by atoms with Crippen LogP contribution < -0.4 is 11.1 Å². The Morgan fingerprint density at radius 1 is 1.47 bits per heavy atom. The maximum Gasteiger partial charge on any atom is 0.325 e. The maximum atomic E-state index is 11.7. The van der Waals surface area contributed by atoms with Gasteiger partial charge in [-0.3, -0.25) is 14.5 Å². The third kappa shape index (κ3) is 3.98. The number of rotatable bonds is 3. The number of hydrogen-bond donors (Lipinski definition) is 3. The predicted molar refractivity (Wildman–Crippen MR) is 63.5 cm³/mol. The topological polar surface area (TPSA) is 95.7 Å². The Bertz CT molecular complexity index is 324. The summed E-state index contributed by atoms with van der Waals surface area (Å²) in [6.45, 7) is 6.67. The molecule has 1 heterocycles. The summed E-state index contributed by atoms with van der Waals surface area (Å²) in [6, 6.07) is 0. The van der Waals surface area contributed by atoms with E-state index in [0.717, 1.165) is 0 Å². The van der Waals surface area contributed by atoms with E-state index in [2.05, 4.69) is 5.32 Å². The van der Waals surface area contributed by atoms with E-state index in [9.17, 15) is 9.59 Å². The van der Waals surface area contributed by atoms with Crippen molar-refractivity contribution in [1.82, 2.24) is 10.2 Å². The van der Waals surface area contributed by atoms with Crippen LogP contribution in [0.1, 0.15) is 27.2 Å². The lowest BCUT2D eigenvalue weighted by Gasteiger charge is -2.24. The number of carbonyl (C=O) groups is 2. The summed E-state index contributed by atoms with van der Waals surface area (Å²) >= 11 is 0. The molecular weight excluding hydrogens is 222 g/mol. The van der Waals surface area contributed by atoms with Gasteiger partial charge in [-0.15, -0.1) is 0 Å². The Balaban J connectivity index is 2.46. The van der Waals surface area contributed by atoms with Gasteiger partial charge in [0.1, 0.15) is 5.54 Å². The van der Waals surface area contributed by atoms with E-state index in [-0.39, 0.29) is 24.5 Å². The number of likely N-dealkylation sites (tertiary alicyclic amines) is 1. The van der Waals surface area contributed by atoms with Gasteiger partial charge in [-0.2, -0.15) is 0 Å². The Morgan fingerprint density at radius 2 is 2.06 bits per heavy atom. The molecule has 4 N–H and O–H groups in total. The van der Waals surface area contributed by atoms with Crippen molar-refractivity contribution in [2.45, 2.75) is 38.3 Å². The second-order valence-electron chi connectivity index (χ2n) is 5.72. The van der Waals surface area contributed by atoms with Gasteiger partial charge in [0.25, 0.3) is 0 Å². The zero-order valence-corrected chi connectivity index (χ0v) is 10.6. The number of aliphatic carboxylic acids is 1. The van der Waals surface area contributed by atoms with Crippen LogP contribution in [-0.2, 0) is 9.59 Å². The first-order valence-electron chi connectivity index (χ1n) is 5.68. The SMILES string of the molecule is CC(C)(C)NC(=O)CN1CCC(N)(C(=O)O)C1. The Labute approximate surface area is 101 Å². The molecule has 0 aromatic carbocycles. The number of amides is 1. The van der Waals surface area contributed by atoms with Crippen molar-refractivity contribution in [3.63, 3.8) is 0 Å². The third-order valence-electron chi connectivity index (χ3n) is 2.69. The normalized spacial score (nSPS) is 25.9. The lowest BCUT2D eigenvalue weighted by atomic mass is 10.0. The van der Waals surface area contributed by atoms with Crippen molar-refractivity contribution in [2.24, 2.45) is 5.73 Å². The lowest BCUT2D eigenvalue weighted by molar-refractivity contribution is -0.143. The molecule has 0 spiro atoms. The third-order valence-corrected chi connectivity index (χ3v) is 2.69. The molecule has 17 heavy (non-hydrogen) atoms. The van der Waals surface area contributed by atoms with Crippen molar-refractivity contribution < 1.29 is 14.7 Å². The van der Waals surface area contributed by atoms with E-state index in [0.29, 0.717) is 13.0 Å². The van der Waals surface area contributed by atoms with Crippen molar-refractivity contribution >= 4 is 11.9 Å². The minimum absolute atomic E-state index is 0.105. The molecule has 1 unspecified atom stereocenters. The summed E-state index contributed by atoms with van der Waals surface area (Å²) in [5.74, 6) is -1.11. The van der Waals surface area contributed by atoms with Gasteiger partial charge >= 0.3 is 5.97 Å². The van der Waals surface area contributed by atoms with Crippen LogP contribution in [0.15, 0.2) is 0 Å². The van der Waals surface area contributed by atoms with Gasteiger partial charge in [-0.25, -0.2) is 0 Å². The number of carboxylic acids is 1. The van der Waals surface area contributed by atoms with E-state index in [1.807, 2.05) is 20.8 Å². The van der Waals surface area contributed by atoms with Crippen LogP contribution in [0.3, 0.4) is 0 Å². The molecule has 0 aliphatic carbocycles. The summed E-state index contributed by atoms with van der Waals surface area (Å²) in [5.41, 5.74) is 4.24. The molecule has 0 saturated carbocycles. The standard InChI is InChI=1S/C11H21N3O3/c1-10(2,3)13-8(15)6-14-5-4-11(12,7-14)9(16)17/h4-7,12H2,1-3H3,(H,13,15)(H,16,17). The molecule has 1 aliphatic heterocycles. The molecule has 1 amide bonds. The Hall–Kier alpha value is -1.14. The van der Waals surface area contributed by atoms with Gasteiger partial charge in [0.2, 0.25) is 5.91 Å². The second kappa shape index (κ2) is 4.62. The summed E-state index contributed by atoms with van der Waals surface area (Å²) in [4.78, 5) is 24.4. The number of nitrogens with one attached hydrogen (secondary N) is 1. The van der Waals surface area contributed by atoms with E-state index in [4.69, 9.17) is 10.8 Å². The quantitative estimate of drug-likeness (QED) is 0.614. The van der Waals surface area contributed by atoms with Crippen LogP contribution in [0.2, 0.25) is 0 Å². The fraction of sp³-hybridized carbons (Fsp3) is 0.818. The zero-order chi connectivity index (χ0) is 13.3. The lowest BCUT2D eigenvalue weighted by Crippen LogP contribution is -2.51. The molecule has 98 valence electrons. The summed E-state index contributed by atoms with van der Waals surface area (Å²) in [5, 5.41) is 11.8. The van der Waals surface area contributed by atoms with Crippen LogP contribution >= 0.6 is 0 Å². The van der Waals surface area contributed by atoms with Crippen LogP contribution in [0, 0.1) is 0 Å². The fourth-order valence-electron chi connectivity index (χ4n) is 1.89. The monoisotopic (exact) mass is 243 g/mol. The summed E-state index contributed by atoms with van der Waals surface area (Å²) < 4.78 is 0. The van der Waals surface area contributed by atoms with Gasteiger partial charge < -0.3 is 16.2 Å². The molecule has 0 radical (unpaired) electrons. The Kier molecular flexibility index (Phi) is 3.78. The average Bonchev–Trinajstić information content (AvgIpc) is 2.45. The molecule has 0 aromatic rings. The minimum Gasteiger partial charge on any atom is -0.480 e. The highest BCUT2D eigenvalue weighted by atomic mass is 16.4. The molecule has 0 bridgehead atoms. The van der Waals surface area contributed by atoms with Crippen molar-refractivity contribution in [3.05, 3.63) is 0 Å². The van der Waals surface area contributed by atoms with E-state index < -0.39 is 11.5 Å². The van der Waals surface area contributed by atoms with Crippen molar-refractivity contribution in [1.29, 1.82) is 0 Å². The largest absolute Gasteiger partial charge is 0.480 e. The van der Waals surface area contributed by atoms with E-state index in [1.54, 1.807) is 4.90 Å². The molecule has 1 atom stereocenters. The van der Waals surface area contributed by atoms with E-state index in [1.165, 1.54) is 0 Å². The molecule has 1 aliphatic rings. The van der Waals surface area contributed by atoms with Gasteiger partial charge in [0.15, 0.2) is 0 Å². The smallest absolute Gasteiger partial charge is 0.325 e. The van der Waals surface area contributed by atoms with Gasteiger partial charge in [0, 0.05) is 18.6 Å². The molecule has 6 nitrogen and oxygen atoms in total. The minimum atomic E-state index is -1.21. The molecule has 0 aromatic heterocycles. The maximum absolute atomic E-state index is 11.7. The zero-order valence-electron chi connectivity index (χ0n) is 10.6. The summed E-state index contributed by atoms with van der Waals surface area (Å²) in [7, 11) is 0. The average molecular weight is 243 g/mol. The first-order valence-corrected chi connectivity index (χ1v) is 5.68. The number of nitrogens with two attached hydrogens (primary N) is 1. The highest BCUT2D eigenvalue weighted by molar-refractivity contribution is 5.81. The van der Waals surface area contributed by atoms with Crippen molar-refractivity contribution in [3.8, 4) is 0 Å². The number of carboxylic acid groups (broad SMARTS) is 1. The first kappa shape index (κ1) is 13.9. The van der Waals surface area contributed by atoms with Crippen molar-refractivity contribution in [2.75, 3.05) is 19.6 Å². The molecule has 1 saturated heterocycles. The highest BCUT2D eigenvalue weighted by Crippen LogP contribution is 2.18. The van der Waals surface area contributed by atoms with Gasteiger partial charge in [-0.1, -0.05) is 0 Å². The van der Waals surface area contributed by atoms with Crippen LogP contribution in [0.5, 0.6) is 0 Å². The van der Waals surface area contributed by atoms with Gasteiger partial charge in [-0.05, 0) is 27.2 Å². The number of hydrogen-bond acceptors (Lipinski definition) is 4. The van der Waals surface area contributed by atoms with Crippen LogP contribution in [0.25, 0.3) is 0 Å². The van der Waals surface area contributed by atoms with Gasteiger partial charge in [0.05, 0.1) is 6.54 Å². The number of nitrogens with zero attached hydrogens (tertiary/aromatic N) is 1. The first-order chi connectivity index (χ1) is 7.62. The Morgan fingerprint density at radius 3 is 2.47 bits per heavy atom. The second-order valence-corrected chi connectivity index (χ2v) is 5.72. The molecule has 1 rings (SSSR count). The molecular formula is C11H21N3O3. The van der Waals surface area contributed by atoms with Crippen LogP contribution in [0.4, 0.5) is 0 Å². The molecule has 6 heteroatoms. The summed E-state index contributed by atoms with van der Waals surface area (Å²) in [6.07, 6.45) is 0.380.